The van der Waals surface area contributed by atoms with Crippen LogP contribution in [0.25, 0.3) is 22.3 Å². The van der Waals surface area contributed by atoms with Gasteiger partial charge in [0.2, 0.25) is 11.8 Å². The monoisotopic (exact) mass is 469 g/mol. The average Bonchev–Trinajstić information content (AvgIpc) is 3.24. The van der Waals surface area contributed by atoms with E-state index in [0.717, 1.165) is 12.8 Å². The van der Waals surface area contributed by atoms with Gasteiger partial charge in [0, 0.05) is 30.7 Å². The minimum atomic E-state index is -0.550. The van der Waals surface area contributed by atoms with E-state index in [0.29, 0.717) is 36.6 Å². The number of nitrogens with zero attached hydrogens (tertiary/aromatic N) is 7. The molecule has 33 heavy (non-hydrogen) atoms. The summed E-state index contributed by atoms with van der Waals surface area (Å²) in [6.45, 7) is 4.70. The minimum absolute atomic E-state index is 0.00828. The molecular weight excluding hydrogens is 449 g/mol. The zero-order chi connectivity index (χ0) is 23.3. The average molecular weight is 470 g/mol. The second-order valence-electron chi connectivity index (χ2n) is 8.18. The fourth-order valence-corrected chi connectivity index (χ4v) is 4.25. The topological polar surface area (TPSA) is 103 Å². The number of aromatic nitrogens is 6. The van der Waals surface area contributed by atoms with Gasteiger partial charge in [0.25, 0.3) is 5.56 Å². The van der Waals surface area contributed by atoms with Gasteiger partial charge in [-0.2, -0.15) is 4.98 Å². The van der Waals surface area contributed by atoms with Gasteiger partial charge in [0.1, 0.15) is 22.9 Å². The zero-order valence-electron chi connectivity index (χ0n) is 18.3. The molecule has 1 saturated heterocycles. The number of benzene rings is 1. The molecule has 3 aromatic heterocycles. The Morgan fingerprint density at radius 2 is 1.97 bits per heavy atom. The largest absolute Gasteiger partial charge is 0.340 e. The Kier molecular flexibility index (Phi) is 5.32. The number of piperidine rings is 1. The Labute approximate surface area is 193 Å². The maximum absolute atomic E-state index is 14.9. The Balaban J connectivity index is 1.67. The van der Waals surface area contributed by atoms with Crippen LogP contribution in [0.1, 0.15) is 36.3 Å². The van der Waals surface area contributed by atoms with Crippen LogP contribution < -0.4 is 10.5 Å². The highest BCUT2D eigenvalue weighted by atomic mass is 35.5. The summed E-state index contributed by atoms with van der Waals surface area (Å²) in [7, 11) is 1.63. The van der Waals surface area contributed by atoms with Crippen molar-refractivity contribution in [3.63, 3.8) is 0 Å². The minimum Gasteiger partial charge on any atom is -0.340 e. The van der Waals surface area contributed by atoms with Crippen LogP contribution in [0, 0.1) is 19.7 Å². The van der Waals surface area contributed by atoms with E-state index in [4.69, 9.17) is 16.1 Å². The molecule has 1 fully saturated rings. The quantitative estimate of drug-likeness (QED) is 0.448. The van der Waals surface area contributed by atoms with Crippen LogP contribution in [0.4, 0.5) is 10.3 Å². The lowest BCUT2D eigenvalue weighted by atomic mass is 9.98. The number of hydrogen-bond donors (Lipinski definition) is 0. The molecule has 0 amide bonds. The molecule has 4 aromatic rings. The van der Waals surface area contributed by atoms with E-state index in [1.54, 1.807) is 27.0 Å². The number of aryl methyl sites for hydroxylation is 2. The lowest BCUT2D eigenvalue weighted by Gasteiger charge is -2.31. The molecule has 0 aliphatic carbocycles. The van der Waals surface area contributed by atoms with Crippen molar-refractivity contribution in [3.05, 3.63) is 56.9 Å². The van der Waals surface area contributed by atoms with Gasteiger partial charge in [-0.3, -0.25) is 9.36 Å². The van der Waals surface area contributed by atoms with Crippen LogP contribution in [0.3, 0.4) is 0 Å². The second-order valence-corrected chi connectivity index (χ2v) is 8.62. The third kappa shape index (κ3) is 3.84. The van der Waals surface area contributed by atoms with Crippen molar-refractivity contribution in [2.24, 2.45) is 7.05 Å². The van der Waals surface area contributed by atoms with Crippen molar-refractivity contribution in [3.8, 4) is 11.3 Å². The van der Waals surface area contributed by atoms with E-state index >= 15 is 0 Å². The molecule has 170 valence electrons. The summed E-state index contributed by atoms with van der Waals surface area (Å²) >= 11 is 5.95. The Hall–Kier alpha value is -3.40. The zero-order valence-corrected chi connectivity index (χ0v) is 19.1. The Morgan fingerprint density at radius 3 is 2.70 bits per heavy atom. The molecule has 5 rings (SSSR count). The molecule has 9 nitrogen and oxygen atoms in total. The number of anilines is 1. The van der Waals surface area contributed by atoms with Crippen LogP contribution in [0.15, 0.2) is 27.5 Å². The van der Waals surface area contributed by atoms with Gasteiger partial charge in [-0.25, -0.2) is 19.3 Å². The molecular formula is C22H21ClFN7O2. The van der Waals surface area contributed by atoms with Crippen molar-refractivity contribution < 1.29 is 8.91 Å². The molecule has 0 N–H and O–H groups in total. The normalized spacial score (nSPS) is 16.5. The third-order valence-corrected chi connectivity index (χ3v) is 6.16. The maximum Gasteiger partial charge on any atom is 0.279 e. The lowest BCUT2D eigenvalue weighted by Crippen LogP contribution is -2.36. The van der Waals surface area contributed by atoms with Gasteiger partial charge in [-0.05, 0) is 44.9 Å². The summed E-state index contributed by atoms with van der Waals surface area (Å²) in [5.74, 6) is 1.41. The van der Waals surface area contributed by atoms with E-state index < -0.39 is 5.82 Å². The lowest BCUT2D eigenvalue weighted by molar-refractivity contribution is 0.330. The second kappa shape index (κ2) is 8.18. The van der Waals surface area contributed by atoms with Crippen LogP contribution >= 0.6 is 11.6 Å². The van der Waals surface area contributed by atoms with E-state index in [1.165, 1.54) is 16.7 Å². The Morgan fingerprint density at radius 1 is 1.15 bits per heavy atom. The van der Waals surface area contributed by atoms with Crippen molar-refractivity contribution in [1.29, 1.82) is 0 Å². The van der Waals surface area contributed by atoms with Crippen molar-refractivity contribution in [1.82, 2.24) is 29.7 Å². The van der Waals surface area contributed by atoms with Crippen molar-refractivity contribution in [2.45, 2.75) is 32.6 Å². The van der Waals surface area contributed by atoms with Gasteiger partial charge in [-0.1, -0.05) is 16.8 Å². The van der Waals surface area contributed by atoms with E-state index in [9.17, 15) is 9.18 Å². The maximum atomic E-state index is 14.9. The fourth-order valence-electron chi connectivity index (χ4n) is 4.09. The first kappa shape index (κ1) is 21.4. The van der Waals surface area contributed by atoms with Gasteiger partial charge in [-0.15, -0.1) is 0 Å². The highest BCUT2D eigenvalue weighted by molar-refractivity contribution is 6.30. The summed E-state index contributed by atoms with van der Waals surface area (Å²) in [5, 5.41) is 4.16. The standard InChI is InChI=1S/C22H21ClFN7O2/c1-11-25-20(33-29-11)13-5-4-8-31(10-13)22-27-17(15-7-6-14(23)9-16(15)24)18-19(28-22)21(32)30(3)12(2)26-18/h6-7,9,13H,4-5,8,10H2,1-3H3. The molecule has 1 aromatic carbocycles. The van der Waals surface area contributed by atoms with Crippen LogP contribution in [-0.2, 0) is 7.05 Å². The molecule has 11 heteroatoms. The summed E-state index contributed by atoms with van der Waals surface area (Å²) in [5.41, 5.74) is 0.516. The van der Waals surface area contributed by atoms with Gasteiger partial charge in [0.05, 0.1) is 5.92 Å². The Bertz CT molecular complexity index is 1430. The van der Waals surface area contributed by atoms with Crippen LogP contribution in [0.5, 0.6) is 0 Å². The molecule has 0 spiro atoms. The molecule has 1 aliphatic heterocycles. The summed E-state index contributed by atoms with van der Waals surface area (Å²) in [4.78, 5) is 33.2. The first-order valence-electron chi connectivity index (χ1n) is 10.6. The third-order valence-electron chi connectivity index (χ3n) is 5.92. The van der Waals surface area contributed by atoms with E-state index in [-0.39, 0.29) is 38.8 Å². The molecule has 0 saturated carbocycles. The number of rotatable bonds is 3. The summed E-state index contributed by atoms with van der Waals surface area (Å²) in [6.07, 6.45) is 1.73. The van der Waals surface area contributed by atoms with Crippen LogP contribution in [-0.4, -0.2) is 42.7 Å². The molecule has 1 aliphatic rings. The fraction of sp³-hybridized carbons (Fsp3) is 0.364. The highest BCUT2D eigenvalue weighted by Gasteiger charge is 2.29. The summed E-state index contributed by atoms with van der Waals surface area (Å²) < 4.78 is 21.7. The van der Waals surface area contributed by atoms with E-state index in [1.807, 2.05) is 4.90 Å². The van der Waals surface area contributed by atoms with Crippen LogP contribution in [0.2, 0.25) is 5.02 Å². The molecule has 4 heterocycles. The van der Waals surface area contributed by atoms with Gasteiger partial charge in [0.15, 0.2) is 11.3 Å². The predicted octanol–water partition coefficient (Wildman–Crippen LogP) is 3.57. The van der Waals surface area contributed by atoms with Gasteiger partial charge < -0.3 is 9.42 Å². The molecule has 0 radical (unpaired) electrons. The van der Waals surface area contributed by atoms with Gasteiger partial charge >= 0.3 is 0 Å². The number of halogens is 2. The number of hydrogen-bond acceptors (Lipinski definition) is 8. The molecule has 1 atom stereocenters. The van der Waals surface area contributed by atoms with Crippen molar-refractivity contribution in [2.75, 3.05) is 18.0 Å². The highest BCUT2D eigenvalue weighted by Crippen LogP contribution is 2.32. The van der Waals surface area contributed by atoms with E-state index in [2.05, 4.69) is 25.1 Å². The SMILES string of the molecule is Cc1noc(C2CCCN(c3nc(-c4ccc(Cl)cc4F)c4nc(C)n(C)c(=O)c4n3)C2)n1. The first-order chi connectivity index (χ1) is 15.8. The van der Waals surface area contributed by atoms with Crippen molar-refractivity contribution >= 4 is 28.6 Å². The first-order valence-corrected chi connectivity index (χ1v) is 11.0. The molecule has 1 unspecified atom stereocenters. The molecule has 0 bridgehead atoms. The predicted molar refractivity (Wildman–Crippen MR) is 121 cm³/mol. The smallest absolute Gasteiger partial charge is 0.279 e. The summed E-state index contributed by atoms with van der Waals surface area (Å²) in [6, 6.07) is 4.33. The number of fused-ring (bicyclic) bond motifs is 1.